The quantitative estimate of drug-likeness (QED) is 0.444. The number of rotatable bonds is 6. The van der Waals surface area contributed by atoms with Crippen LogP contribution >= 0.6 is 23.2 Å². The van der Waals surface area contributed by atoms with Crippen LogP contribution < -0.4 is 9.64 Å². The number of benzene rings is 2. The third kappa shape index (κ3) is 5.25. The molecule has 0 atom stereocenters. The van der Waals surface area contributed by atoms with Gasteiger partial charge < -0.3 is 4.74 Å². The van der Waals surface area contributed by atoms with E-state index >= 15 is 0 Å². The molecule has 0 saturated carbocycles. The highest BCUT2D eigenvalue weighted by Crippen LogP contribution is 2.30. The summed E-state index contributed by atoms with van der Waals surface area (Å²) in [6.07, 6.45) is 1.34. The summed E-state index contributed by atoms with van der Waals surface area (Å²) in [5.74, 6) is 0.125. The largest absolute Gasteiger partial charge is 0.421 e. The van der Waals surface area contributed by atoms with Crippen LogP contribution in [-0.2, 0) is 0 Å². The van der Waals surface area contributed by atoms with Crippen molar-refractivity contribution in [3.05, 3.63) is 70.2 Å². The van der Waals surface area contributed by atoms with Gasteiger partial charge in [0.25, 0.3) is 0 Å². The molecule has 0 radical (unpaired) electrons. The number of aromatic nitrogens is 2. The first-order valence-electron chi connectivity index (χ1n) is 9.33. The van der Waals surface area contributed by atoms with Crippen LogP contribution in [0.15, 0.2) is 54.6 Å². The summed E-state index contributed by atoms with van der Waals surface area (Å²) in [4.78, 5) is 14.3. The van der Waals surface area contributed by atoms with Gasteiger partial charge in [0.15, 0.2) is 0 Å². The summed E-state index contributed by atoms with van der Waals surface area (Å²) in [7, 11) is 0. The number of amides is 1. The van der Waals surface area contributed by atoms with Crippen LogP contribution in [0.1, 0.15) is 25.3 Å². The predicted octanol–water partition coefficient (Wildman–Crippen LogP) is 6.56. The Morgan fingerprint density at radius 2 is 1.72 bits per heavy atom. The SMILES string of the molecule is CCCCN(C(=O)Oc1ccc(-c2cc(Cl)c(C)c(Cl)c2)nn1)c1ccccc1. The number of carbonyl (C=O) groups is 1. The number of hydrogen-bond acceptors (Lipinski definition) is 4. The first-order chi connectivity index (χ1) is 14.0. The van der Waals surface area contributed by atoms with Crippen molar-refractivity contribution in [1.29, 1.82) is 0 Å². The molecule has 0 saturated heterocycles. The average molecular weight is 430 g/mol. The van der Waals surface area contributed by atoms with Crippen LogP contribution in [0.2, 0.25) is 10.0 Å². The Labute approximate surface area is 180 Å². The molecule has 0 fully saturated rings. The molecule has 0 spiro atoms. The zero-order valence-corrected chi connectivity index (χ0v) is 17.7. The van der Waals surface area contributed by atoms with Crippen molar-refractivity contribution in [1.82, 2.24) is 10.2 Å². The fourth-order valence-electron chi connectivity index (χ4n) is 2.72. The number of unbranched alkanes of at least 4 members (excludes halogenated alkanes) is 1. The van der Waals surface area contributed by atoms with E-state index in [9.17, 15) is 4.79 Å². The minimum Gasteiger partial charge on any atom is -0.389 e. The number of ether oxygens (including phenoxy) is 1. The molecule has 1 aromatic heterocycles. The lowest BCUT2D eigenvalue weighted by atomic mass is 10.1. The molecule has 29 heavy (non-hydrogen) atoms. The Hall–Kier alpha value is -2.63. The maximum Gasteiger partial charge on any atom is 0.421 e. The van der Waals surface area contributed by atoms with Crippen molar-refractivity contribution < 1.29 is 9.53 Å². The van der Waals surface area contributed by atoms with Crippen molar-refractivity contribution in [3.8, 4) is 17.1 Å². The normalized spacial score (nSPS) is 10.6. The molecule has 0 aliphatic carbocycles. The molecular formula is C22H21Cl2N3O2. The molecular weight excluding hydrogens is 409 g/mol. The van der Waals surface area contributed by atoms with Crippen LogP contribution in [0.5, 0.6) is 5.88 Å². The highest BCUT2D eigenvalue weighted by atomic mass is 35.5. The first-order valence-corrected chi connectivity index (χ1v) is 10.1. The molecule has 0 unspecified atom stereocenters. The second-order valence-corrected chi connectivity index (χ2v) is 7.34. The molecule has 1 amide bonds. The predicted molar refractivity (Wildman–Crippen MR) is 117 cm³/mol. The van der Waals surface area contributed by atoms with Gasteiger partial charge in [-0.1, -0.05) is 54.7 Å². The summed E-state index contributed by atoms with van der Waals surface area (Å²) < 4.78 is 5.45. The molecule has 3 aromatic rings. The van der Waals surface area contributed by atoms with Crippen molar-refractivity contribution in [3.63, 3.8) is 0 Å². The van der Waals surface area contributed by atoms with Gasteiger partial charge in [-0.2, -0.15) is 0 Å². The van der Waals surface area contributed by atoms with Gasteiger partial charge in [-0.25, -0.2) is 4.79 Å². The number of carbonyl (C=O) groups excluding carboxylic acids is 1. The van der Waals surface area contributed by atoms with E-state index in [0.717, 1.165) is 29.7 Å². The molecule has 2 aromatic carbocycles. The van der Waals surface area contributed by atoms with Gasteiger partial charge in [-0.3, -0.25) is 4.90 Å². The third-order valence-electron chi connectivity index (χ3n) is 4.43. The molecule has 0 bridgehead atoms. The Kier molecular flexibility index (Phi) is 7.07. The van der Waals surface area contributed by atoms with Crippen molar-refractivity contribution in [2.24, 2.45) is 0 Å². The van der Waals surface area contributed by atoms with E-state index < -0.39 is 6.09 Å². The fourth-order valence-corrected chi connectivity index (χ4v) is 3.20. The number of hydrogen-bond donors (Lipinski definition) is 0. The van der Waals surface area contributed by atoms with Crippen LogP contribution in [0, 0.1) is 6.92 Å². The van der Waals surface area contributed by atoms with E-state index in [0.29, 0.717) is 22.3 Å². The van der Waals surface area contributed by atoms with E-state index in [1.54, 1.807) is 29.2 Å². The van der Waals surface area contributed by atoms with Gasteiger partial charge in [-0.15, -0.1) is 10.2 Å². The Balaban J connectivity index is 1.76. The Bertz CT molecular complexity index is 956. The average Bonchev–Trinajstić information content (AvgIpc) is 2.73. The summed E-state index contributed by atoms with van der Waals surface area (Å²) >= 11 is 12.4. The van der Waals surface area contributed by atoms with Gasteiger partial charge >= 0.3 is 6.09 Å². The molecule has 1 heterocycles. The summed E-state index contributed by atoms with van der Waals surface area (Å²) in [6, 6.07) is 16.3. The second kappa shape index (κ2) is 9.72. The lowest BCUT2D eigenvalue weighted by Crippen LogP contribution is -2.34. The summed E-state index contributed by atoms with van der Waals surface area (Å²) in [5.41, 5.74) is 2.91. The van der Waals surface area contributed by atoms with Crippen LogP contribution in [0.3, 0.4) is 0 Å². The van der Waals surface area contributed by atoms with Gasteiger partial charge in [0.2, 0.25) is 5.88 Å². The van der Waals surface area contributed by atoms with E-state index in [1.165, 1.54) is 0 Å². The topological polar surface area (TPSA) is 55.3 Å². The van der Waals surface area contributed by atoms with E-state index in [1.807, 2.05) is 37.3 Å². The van der Waals surface area contributed by atoms with Crippen molar-refractivity contribution >= 4 is 35.0 Å². The highest BCUT2D eigenvalue weighted by Gasteiger charge is 2.18. The highest BCUT2D eigenvalue weighted by molar-refractivity contribution is 6.36. The molecule has 150 valence electrons. The monoisotopic (exact) mass is 429 g/mol. The first kappa shape index (κ1) is 21.1. The minimum absolute atomic E-state index is 0.125. The van der Waals surface area contributed by atoms with E-state index in [4.69, 9.17) is 27.9 Å². The fraction of sp³-hybridized carbons (Fsp3) is 0.227. The molecule has 0 aliphatic rings. The lowest BCUT2D eigenvalue weighted by Gasteiger charge is -2.21. The smallest absolute Gasteiger partial charge is 0.389 e. The minimum atomic E-state index is -0.492. The molecule has 0 N–H and O–H groups in total. The Morgan fingerprint density at radius 3 is 2.31 bits per heavy atom. The molecule has 5 nitrogen and oxygen atoms in total. The molecule has 3 rings (SSSR count). The van der Waals surface area contributed by atoms with E-state index in [-0.39, 0.29) is 5.88 Å². The zero-order valence-electron chi connectivity index (χ0n) is 16.2. The number of halogens is 2. The summed E-state index contributed by atoms with van der Waals surface area (Å²) in [6.45, 7) is 4.48. The van der Waals surface area contributed by atoms with Gasteiger partial charge in [0, 0.05) is 33.9 Å². The lowest BCUT2D eigenvalue weighted by molar-refractivity contribution is 0.205. The van der Waals surface area contributed by atoms with Gasteiger partial charge in [0.05, 0.1) is 5.69 Å². The number of para-hydroxylation sites is 1. The summed E-state index contributed by atoms with van der Waals surface area (Å²) in [5, 5.41) is 9.28. The van der Waals surface area contributed by atoms with Gasteiger partial charge in [-0.05, 0) is 49.2 Å². The van der Waals surface area contributed by atoms with Crippen molar-refractivity contribution in [2.75, 3.05) is 11.4 Å². The van der Waals surface area contributed by atoms with E-state index in [2.05, 4.69) is 17.1 Å². The maximum absolute atomic E-state index is 12.7. The number of anilines is 1. The van der Waals surface area contributed by atoms with Crippen molar-refractivity contribution in [2.45, 2.75) is 26.7 Å². The third-order valence-corrected chi connectivity index (χ3v) is 5.22. The molecule has 0 aliphatic heterocycles. The maximum atomic E-state index is 12.7. The number of nitrogens with zero attached hydrogens (tertiary/aromatic N) is 3. The van der Waals surface area contributed by atoms with Gasteiger partial charge in [0.1, 0.15) is 0 Å². The van der Waals surface area contributed by atoms with Crippen LogP contribution in [0.25, 0.3) is 11.3 Å². The zero-order chi connectivity index (χ0) is 20.8. The van der Waals surface area contributed by atoms with Crippen LogP contribution in [-0.4, -0.2) is 22.8 Å². The molecule has 7 heteroatoms. The Morgan fingerprint density at radius 1 is 1.03 bits per heavy atom. The van der Waals surface area contributed by atoms with Crippen LogP contribution in [0.4, 0.5) is 10.5 Å². The second-order valence-electron chi connectivity index (χ2n) is 6.53. The standard InChI is InChI=1S/C22H21Cl2N3O2/c1-3-4-12-27(17-8-6-5-7-9-17)22(28)29-21-11-10-20(25-26-21)16-13-18(23)15(2)19(24)14-16/h5-11,13-14H,3-4,12H2,1-2H3.